The highest BCUT2D eigenvalue weighted by Crippen LogP contribution is 2.31. The zero-order valence-electron chi connectivity index (χ0n) is 18.2. The van der Waals surface area contributed by atoms with E-state index < -0.39 is 22.5 Å². The van der Waals surface area contributed by atoms with E-state index in [9.17, 15) is 13.2 Å². The van der Waals surface area contributed by atoms with Gasteiger partial charge in [-0.05, 0) is 48.7 Å². The summed E-state index contributed by atoms with van der Waals surface area (Å²) in [6.45, 7) is 1.46. The summed E-state index contributed by atoms with van der Waals surface area (Å²) in [5, 5.41) is 3.15. The van der Waals surface area contributed by atoms with Crippen LogP contribution in [0.1, 0.15) is 11.1 Å². The maximum Gasteiger partial charge on any atom is 0.247 e. The minimum Gasteiger partial charge on any atom is -0.495 e. The molecule has 0 aliphatic rings. The summed E-state index contributed by atoms with van der Waals surface area (Å²) < 4.78 is 33.7. The summed E-state index contributed by atoms with van der Waals surface area (Å²) >= 11 is 12.3. The average Bonchev–Trinajstić information content (AvgIpc) is 2.79. The Morgan fingerprint density at radius 3 is 2.30 bits per heavy atom. The molecule has 0 spiro atoms. The van der Waals surface area contributed by atoms with Crippen molar-refractivity contribution in [3.63, 3.8) is 0 Å². The van der Waals surface area contributed by atoms with Gasteiger partial charge in [0.1, 0.15) is 10.6 Å². The maximum atomic E-state index is 13.6. The SMILES string of the molecule is COc1ccc(C)cc1S(=O)(=O)N(CCc1ccccc1)CC(=O)Nc1c(Cl)cccc1Cl. The van der Waals surface area contributed by atoms with E-state index >= 15 is 0 Å². The van der Waals surface area contributed by atoms with E-state index in [1.807, 2.05) is 30.3 Å². The predicted molar refractivity (Wildman–Crippen MR) is 132 cm³/mol. The number of hydrogen-bond acceptors (Lipinski definition) is 4. The summed E-state index contributed by atoms with van der Waals surface area (Å²) in [6, 6.07) is 19.2. The number of ether oxygens (including phenoxy) is 1. The second-order valence-corrected chi connectivity index (χ2v) is 10.1. The number of halogens is 2. The highest BCUT2D eigenvalue weighted by molar-refractivity contribution is 7.89. The quantitative estimate of drug-likeness (QED) is 0.433. The fourth-order valence-electron chi connectivity index (χ4n) is 3.26. The van der Waals surface area contributed by atoms with Gasteiger partial charge in [0.25, 0.3) is 0 Å². The Morgan fingerprint density at radius 1 is 1.00 bits per heavy atom. The molecule has 3 rings (SSSR count). The number of rotatable bonds is 9. The van der Waals surface area contributed by atoms with Gasteiger partial charge in [0, 0.05) is 6.54 Å². The fourth-order valence-corrected chi connectivity index (χ4v) is 5.39. The molecule has 0 aromatic heterocycles. The molecule has 0 aliphatic heterocycles. The summed E-state index contributed by atoms with van der Waals surface area (Å²) in [7, 11) is -2.66. The predicted octanol–water partition coefficient (Wildman–Crippen LogP) is 5.18. The summed E-state index contributed by atoms with van der Waals surface area (Å²) in [5.41, 5.74) is 1.94. The van der Waals surface area contributed by atoms with Crippen LogP contribution in [0.15, 0.2) is 71.6 Å². The van der Waals surface area contributed by atoms with Crippen molar-refractivity contribution in [3.8, 4) is 5.75 Å². The molecule has 0 aliphatic carbocycles. The molecule has 1 N–H and O–H groups in total. The lowest BCUT2D eigenvalue weighted by Gasteiger charge is -2.23. The van der Waals surface area contributed by atoms with Crippen LogP contribution in [0, 0.1) is 6.92 Å². The van der Waals surface area contributed by atoms with Crippen molar-refractivity contribution in [2.75, 3.05) is 25.5 Å². The van der Waals surface area contributed by atoms with E-state index in [2.05, 4.69) is 5.32 Å². The molecule has 0 saturated carbocycles. The van der Waals surface area contributed by atoms with Gasteiger partial charge in [-0.2, -0.15) is 4.31 Å². The first kappa shape index (κ1) is 25.1. The third-order valence-electron chi connectivity index (χ3n) is 4.98. The number of carbonyl (C=O) groups excluding carboxylic acids is 1. The number of anilines is 1. The average molecular weight is 507 g/mol. The van der Waals surface area contributed by atoms with Crippen LogP contribution in [0.5, 0.6) is 5.75 Å². The van der Waals surface area contributed by atoms with Crippen LogP contribution in [0.4, 0.5) is 5.69 Å². The Kier molecular flexibility index (Phi) is 8.37. The number of benzene rings is 3. The third-order valence-corrected chi connectivity index (χ3v) is 7.47. The molecular formula is C24H24Cl2N2O4S. The van der Waals surface area contributed by atoms with Gasteiger partial charge in [-0.15, -0.1) is 0 Å². The van der Waals surface area contributed by atoms with Crippen molar-refractivity contribution >= 4 is 44.8 Å². The van der Waals surface area contributed by atoms with Gasteiger partial charge in [-0.1, -0.05) is 65.7 Å². The number of methoxy groups -OCH3 is 1. The van der Waals surface area contributed by atoms with Crippen LogP contribution < -0.4 is 10.1 Å². The molecule has 0 heterocycles. The van der Waals surface area contributed by atoms with Crippen LogP contribution in [-0.4, -0.2) is 38.8 Å². The Hall–Kier alpha value is -2.58. The standard InChI is InChI=1S/C24H24Cl2N2O4S/c1-17-11-12-21(32-2)22(15-17)33(30,31)28(14-13-18-7-4-3-5-8-18)16-23(29)27-24-19(25)9-6-10-20(24)26/h3-12,15H,13-14,16H2,1-2H3,(H,27,29). The number of para-hydroxylation sites is 1. The lowest BCUT2D eigenvalue weighted by atomic mass is 10.1. The number of nitrogens with one attached hydrogen (secondary N) is 1. The second kappa shape index (κ2) is 11.0. The number of aryl methyl sites for hydroxylation is 1. The molecular weight excluding hydrogens is 483 g/mol. The first-order valence-corrected chi connectivity index (χ1v) is 12.3. The van der Waals surface area contributed by atoms with Gasteiger partial charge in [0.15, 0.2) is 0 Å². The Labute approximate surface area is 204 Å². The molecule has 3 aromatic carbocycles. The Balaban J connectivity index is 1.92. The Morgan fingerprint density at radius 2 is 1.67 bits per heavy atom. The van der Waals surface area contributed by atoms with Crippen molar-refractivity contribution in [2.45, 2.75) is 18.2 Å². The summed E-state index contributed by atoms with van der Waals surface area (Å²) in [5.74, 6) is -0.354. The number of amides is 1. The minimum atomic E-state index is -4.06. The van der Waals surface area contributed by atoms with Crippen LogP contribution >= 0.6 is 23.2 Å². The summed E-state index contributed by atoms with van der Waals surface area (Å²) in [6.07, 6.45) is 0.425. The van der Waals surface area contributed by atoms with Gasteiger partial charge < -0.3 is 10.1 Å². The molecule has 0 unspecified atom stereocenters. The molecule has 9 heteroatoms. The zero-order chi connectivity index (χ0) is 24.0. The van der Waals surface area contributed by atoms with E-state index in [0.29, 0.717) is 6.42 Å². The monoisotopic (exact) mass is 506 g/mol. The van der Waals surface area contributed by atoms with Crippen LogP contribution in [0.25, 0.3) is 0 Å². The van der Waals surface area contributed by atoms with E-state index in [1.54, 1.807) is 37.3 Å². The third kappa shape index (κ3) is 6.26. The largest absolute Gasteiger partial charge is 0.495 e. The van der Waals surface area contributed by atoms with E-state index in [0.717, 1.165) is 15.4 Å². The minimum absolute atomic E-state index is 0.00152. The van der Waals surface area contributed by atoms with Gasteiger partial charge in [-0.25, -0.2) is 8.42 Å². The molecule has 33 heavy (non-hydrogen) atoms. The zero-order valence-corrected chi connectivity index (χ0v) is 20.5. The first-order valence-electron chi connectivity index (χ1n) is 10.1. The lowest BCUT2D eigenvalue weighted by Crippen LogP contribution is -2.39. The number of sulfonamides is 1. The van der Waals surface area contributed by atoms with Crippen LogP contribution in [0.2, 0.25) is 10.0 Å². The van der Waals surface area contributed by atoms with Gasteiger partial charge in [0.2, 0.25) is 15.9 Å². The topological polar surface area (TPSA) is 75.7 Å². The molecule has 174 valence electrons. The van der Waals surface area contributed by atoms with Crippen molar-refractivity contribution in [2.24, 2.45) is 0 Å². The molecule has 0 fully saturated rings. The normalized spacial score (nSPS) is 11.4. The van der Waals surface area contributed by atoms with Crippen molar-refractivity contribution < 1.29 is 17.9 Å². The van der Waals surface area contributed by atoms with E-state index in [4.69, 9.17) is 27.9 Å². The molecule has 1 amide bonds. The molecule has 0 atom stereocenters. The molecule has 3 aromatic rings. The van der Waals surface area contributed by atoms with Gasteiger partial charge in [-0.3, -0.25) is 4.79 Å². The molecule has 0 saturated heterocycles. The maximum absolute atomic E-state index is 13.6. The number of carbonyl (C=O) groups is 1. The number of hydrogen-bond donors (Lipinski definition) is 1. The fraction of sp³-hybridized carbons (Fsp3) is 0.208. The second-order valence-electron chi connectivity index (χ2n) is 7.37. The molecule has 6 nitrogen and oxygen atoms in total. The number of nitrogens with zero attached hydrogens (tertiary/aromatic N) is 1. The van der Waals surface area contributed by atoms with Gasteiger partial charge in [0.05, 0.1) is 29.4 Å². The van der Waals surface area contributed by atoms with Crippen LogP contribution in [0.3, 0.4) is 0 Å². The highest BCUT2D eigenvalue weighted by atomic mass is 35.5. The van der Waals surface area contributed by atoms with Crippen LogP contribution in [-0.2, 0) is 21.2 Å². The Bertz CT molecular complexity index is 1210. The summed E-state index contributed by atoms with van der Waals surface area (Å²) in [4.78, 5) is 12.9. The highest BCUT2D eigenvalue weighted by Gasteiger charge is 2.30. The van der Waals surface area contributed by atoms with E-state index in [-0.39, 0.29) is 32.9 Å². The molecule has 0 radical (unpaired) electrons. The van der Waals surface area contributed by atoms with Crippen molar-refractivity contribution in [3.05, 3.63) is 87.9 Å². The van der Waals surface area contributed by atoms with Crippen molar-refractivity contribution in [1.82, 2.24) is 4.31 Å². The lowest BCUT2D eigenvalue weighted by molar-refractivity contribution is -0.116. The smallest absolute Gasteiger partial charge is 0.247 e. The van der Waals surface area contributed by atoms with Crippen molar-refractivity contribution in [1.29, 1.82) is 0 Å². The van der Waals surface area contributed by atoms with Gasteiger partial charge >= 0.3 is 0 Å². The molecule has 0 bridgehead atoms. The first-order chi connectivity index (χ1) is 15.7. The van der Waals surface area contributed by atoms with E-state index in [1.165, 1.54) is 13.2 Å².